The molecule has 2 unspecified atom stereocenters. The number of aryl methyl sites for hydroxylation is 1. The van der Waals surface area contributed by atoms with Crippen LogP contribution in [0.25, 0.3) is 0 Å². The molecule has 0 bridgehead atoms. The summed E-state index contributed by atoms with van der Waals surface area (Å²) < 4.78 is 101. The largest absolute Gasteiger partial charge is 0.494 e. The van der Waals surface area contributed by atoms with Crippen LogP contribution in [0.3, 0.4) is 0 Å². The van der Waals surface area contributed by atoms with Gasteiger partial charge in [0.25, 0.3) is 11.8 Å². The molecule has 7 aliphatic rings. The first-order valence-corrected chi connectivity index (χ1v) is 45.8. The van der Waals surface area contributed by atoms with Crippen LogP contribution in [0.2, 0.25) is 0 Å². The molecule has 135 heavy (non-hydrogen) atoms. The maximum Gasteiger partial charge on any atom is 0.346 e. The van der Waals surface area contributed by atoms with Gasteiger partial charge in [0.2, 0.25) is 13.6 Å². The number of hydrogen-bond donors (Lipinski definition) is 0. The van der Waals surface area contributed by atoms with Gasteiger partial charge in [-0.3, -0.25) is 19.3 Å². The summed E-state index contributed by atoms with van der Waals surface area (Å²) in [6.45, 7) is 22.5. The van der Waals surface area contributed by atoms with Crippen LogP contribution in [0.15, 0.2) is 250 Å². The van der Waals surface area contributed by atoms with E-state index in [0.29, 0.717) is 72.6 Å². The zero-order valence-corrected chi connectivity index (χ0v) is 76.7. The molecule has 2 amide bonds. The van der Waals surface area contributed by atoms with Crippen LogP contribution in [0.1, 0.15) is 169 Å². The van der Waals surface area contributed by atoms with Gasteiger partial charge in [0.1, 0.15) is 53.0 Å². The average molecular weight is 1830 g/mol. The van der Waals surface area contributed by atoms with Crippen molar-refractivity contribution < 1.29 is 99.4 Å². The first kappa shape index (κ1) is 99.0. The van der Waals surface area contributed by atoms with Gasteiger partial charge in [0.05, 0.1) is 103 Å². The van der Waals surface area contributed by atoms with Crippen molar-refractivity contribution in [2.45, 2.75) is 122 Å². The van der Waals surface area contributed by atoms with Crippen LogP contribution in [0.5, 0.6) is 34.5 Å². The highest BCUT2D eigenvalue weighted by Crippen LogP contribution is 2.38. The van der Waals surface area contributed by atoms with E-state index in [0.717, 1.165) is 190 Å². The van der Waals surface area contributed by atoms with Crippen molar-refractivity contribution in [3.8, 4) is 93.7 Å². The molecule has 1 aliphatic carbocycles. The summed E-state index contributed by atoms with van der Waals surface area (Å²) in [4.78, 5) is 48.2. The van der Waals surface area contributed by atoms with Crippen molar-refractivity contribution in [3.05, 3.63) is 323 Å². The van der Waals surface area contributed by atoms with E-state index in [4.69, 9.17) is 75.8 Å². The van der Waals surface area contributed by atoms with Crippen LogP contribution in [-0.4, -0.2) is 160 Å². The number of ether oxygens (including phenoxy) is 16. The minimum Gasteiger partial charge on any atom is -0.494 e. The first-order chi connectivity index (χ1) is 66.0. The Morgan fingerprint density at radius 3 is 1.36 bits per heavy atom. The number of esters is 2. The summed E-state index contributed by atoms with van der Waals surface area (Å²) in [6.07, 6.45) is 19.5. The molecule has 6 aliphatic heterocycles. The van der Waals surface area contributed by atoms with Gasteiger partial charge in [-0.2, -0.15) is 0 Å². The number of imide groups is 1. The van der Waals surface area contributed by atoms with Crippen molar-refractivity contribution in [1.82, 2.24) is 4.90 Å². The van der Waals surface area contributed by atoms with E-state index in [9.17, 15) is 23.6 Å². The Morgan fingerprint density at radius 1 is 0.474 bits per heavy atom. The second kappa shape index (κ2) is 51.7. The smallest absolute Gasteiger partial charge is 0.346 e. The Balaban J connectivity index is 0.000000156. The normalized spacial score (nSPS) is 17.1. The number of carbonyl (C=O) groups is 4. The lowest BCUT2D eigenvalue weighted by Gasteiger charge is -2.40. The fraction of sp³-hybridized carbons (Fsp3) is 0.345. The van der Waals surface area contributed by atoms with E-state index in [2.05, 4.69) is 142 Å². The number of carbonyl (C=O) groups excluding carboxylic acids is 4. The van der Waals surface area contributed by atoms with Crippen molar-refractivity contribution in [2.24, 2.45) is 16.2 Å². The Morgan fingerprint density at radius 2 is 0.896 bits per heavy atom. The molecule has 9 aromatic carbocycles. The van der Waals surface area contributed by atoms with E-state index >= 15 is 0 Å². The summed E-state index contributed by atoms with van der Waals surface area (Å²) in [6, 6.07) is 65.5. The van der Waals surface area contributed by atoms with E-state index in [1.54, 1.807) is 48.5 Å². The Bertz CT molecular complexity index is 5700. The summed E-state index contributed by atoms with van der Waals surface area (Å²) in [5.41, 5.74) is 11.1. The molecule has 0 spiro atoms. The number of nitrogens with zero attached hydrogens (tertiary/aromatic N) is 1. The highest BCUT2D eigenvalue weighted by atomic mass is 19.1. The SMILES string of the molecule is C(#Cc1ccc(OCOCC2CO2)cc1)c1ccc(CCC2CO2)cc1.C=CCOC1CCC(c2ccc(C#Cc3ccc(OCOC=C)cc3)cc2)CC1.CCC1(CCC#Cc2ccc(C#Cc3ccc(OCOCC4(CC)COC4)cc3)cc2)COC1.CCC1(CCOc2ccc(OC(=O)c3ccc(C#Cc4ccc(OCOC(=O)CN5C(=O)C=CC5=O)cc4)cc3F)cc2)COC1. The zero-order valence-electron chi connectivity index (χ0n) is 76.7. The molecule has 6 fully saturated rings. The molecular weight excluding hydrogens is 1710 g/mol. The predicted molar refractivity (Wildman–Crippen MR) is 510 cm³/mol. The van der Waals surface area contributed by atoms with E-state index in [-0.39, 0.29) is 48.6 Å². The lowest BCUT2D eigenvalue weighted by molar-refractivity contribution is -0.162. The molecule has 0 aromatic heterocycles. The van der Waals surface area contributed by atoms with Crippen LogP contribution in [0.4, 0.5) is 4.39 Å². The molecule has 1 saturated carbocycles. The zero-order chi connectivity index (χ0) is 94.1. The van der Waals surface area contributed by atoms with Crippen molar-refractivity contribution in [1.29, 1.82) is 0 Å². The van der Waals surface area contributed by atoms with Crippen LogP contribution in [-0.2, 0) is 68.2 Å². The first-order valence-electron chi connectivity index (χ1n) is 45.8. The van der Waals surface area contributed by atoms with Crippen LogP contribution >= 0.6 is 0 Å². The van der Waals surface area contributed by atoms with Gasteiger partial charge in [-0.1, -0.05) is 117 Å². The number of amides is 2. The molecule has 6 heterocycles. The quantitative estimate of drug-likeness (QED) is 0.00406. The minimum atomic E-state index is -0.836. The second-order valence-electron chi connectivity index (χ2n) is 33.7. The number of benzene rings is 9. The highest BCUT2D eigenvalue weighted by molar-refractivity contribution is 6.14. The third-order valence-corrected chi connectivity index (χ3v) is 23.9. The molecular formula is C113H114FNO20. The lowest BCUT2D eigenvalue weighted by atomic mass is 9.79. The van der Waals surface area contributed by atoms with Crippen molar-refractivity contribution in [3.63, 3.8) is 0 Å². The van der Waals surface area contributed by atoms with Gasteiger partial charge < -0.3 is 75.8 Å². The molecule has 0 N–H and O–H groups in total. The maximum absolute atomic E-state index is 14.8. The summed E-state index contributed by atoms with van der Waals surface area (Å²) in [5.74, 6) is 32.2. The molecule has 5 saturated heterocycles. The standard InChI is InChI=1S/C35H30FNO9.C30H34O4.C26H28O3.C22H22O4/c1-2-35(21-42-22-35)17-18-43-26-10-12-28(13-11-26)46-34(41)29-14-7-25(19-30(29)36)4-3-24-5-8-27(9-6-24)44-23-45-33(40)20-37-31(38)15-16-32(37)39;1-3-29(19-31-20-29)18-6-5-7-25-8-10-26(11-9-25)12-13-27-14-16-28(17-15-27)34-24-33-23-30(4-2)21-32-22-30;1-3-19-28-25-17-13-24(14-18-25)23-11-7-21(8-12-23)5-6-22-9-15-26(16-10-22)29-20-27-4-2;1-4-18(9-12-21-14-24-21)5-2-17(1)3-6-19-7-10-20(11-8-19)26-16-23-13-22-15-25-22/h5-16,19H,2,17-18,20-23H2,1H3;8-11,14-17H,3-4,6,18-24H2,1-2H3;3-4,7-12,15-16,24-25H,1-2,13-14,17-20H2;1-2,4-5,7-8,10-11,21-22H,9,12-16H2. The highest BCUT2D eigenvalue weighted by Gasteiger charge is 2.39. The van der Waals surface area contributed by atoms with Gasteiger partial charge in [0.15, 0.2) is 13.6 Å². The van der Waals surface area contributed by atoms with Crippen LogP contribution in [0, 0.1) is 81.3 Å². The fourth-order valence-electron chi connectivity index (χ4n) is 14.6. The van der Waals surface area contributed by atoms with Gasteiger partial charge in [-0.25, -0.2) is 9.18 Å². The molecule has 0 radical (unpaired) electrons. The molecule has 22 heteroatoms. The Kier molecular flexibility index (Phi) is 37.9. The summed E-state index contributed by atoms with van der Waals surface area (Å²) in [5, 5.41) is 0. The maximum atomic E-state index is 14.8. The monoisotopic (exact) mass is 1820 g/mol. The van der Waals surface area contributed by atoms with E-state index < -0.39 is 42.9 Å². The van der Waals surface area contributed by atoms with Crippen molar-refractivity contribution in [2.75, 3.05) is 113 Å². The lowest BCUT2D eigenvalue weighted by Crippen LogP contribution is -2.45. The molecule has 21 nitrogen and oxygen atoms in total. The second-order valence-corrected chi connectivity index (χ2v) is 33.7. The minimum absolute atomic E-state index is 0.157. The van der Waals surface area contributed by atoms with Gasteiger partial charge >= 0.3 is 11.9 Å². The Hall–Kier alpha value is -13.5. The third-order valence-electron chi connectivity index (χ3n) is 23.9. The molecule has 9 aromatic rings. The fourth-order valence-corrected chi connectivity index (χ4v) is 14.6. The summed E-state index contributed by atoms with van der Waals surface area (Å²) >= 11 is 0. The predicted octanol–water partition coefficient (Wildman–Crippen LogP) is 18.8. The number of epoxide rings is 2. The van der Waals surface area contributed by atoms with E-state index in [1.807, 2.05) is 103 Å². The third kappa shape index (κ3) is 32.7. The van der Waals surface area contributed by atoms with Gasteiger partial charge in [-0.15, -0.1) is 6.58 Å². The molecule has 2 atom stereocenters. The number of rotatable bonds is 37. The average Bonchev–Trinajstić information content (AvgIpc) is 1.81. The van der Waals surface area contributed by atoms with Crippen molar-refractivity contribution >= 4 is 23.8 Å². The summed E-state index contributed by atoms with van der Waals surface area (Å²) in [7, 11) is 0. The van der Waals surface area contributed by atoms with Crippen LogP contribution < -0.4 is 28.4 Å². The van der Waals surface area contributed by atoms with Gasteiger partial charge in [-0.05, 0) is 276 Å². The van der Waals surface area contributed by atoms with Gasteiger partial charge in [0, 0.05) is 84.9 Å². The van der Waals surface area contributed by atoms with E-state index in [1.165, 1.54) is 48.8 Å². The number of hydrogen-bond acceptors (Lipinski definition) is 20. The topological polar surface area (TPSA) is 226 Å². The molecule has 698 valence electrons. The Labute approximate surface area is 791 Å². The molecule has 16 rings (SSSR count). The number of halogens is 1.